The molecule has 4 aromatic rings. The lowest BCUT2D eigenvalue weighted by molar-refractivity contribution is 0.0985. The normalized spacial score (nSPS) is 10.9. The molecule has 0 aliphatic rings. The molecule has 15 nitrogen and oxygen atoms in total. The largest absolute Gasteiger partial charge is 0.508 e. The van der Waals surface area contributed by atoms with Crippen LogP contribution in [0.5, 0.6) is 11.5 Å². The highest BCUT2D eigenvalue weighted by atomic mass is 35.5. The second-order valence-corrected chi connectivity index (χ2v) is 16.9. The first-order valence-corrected chi connectivity index (χ1v) is 20.7. The molecule has 4 N–H and O–H groups in total. The minimum Gasteiger partial charge on any atom is -0.508 e. The van der Waals surface area contributed by atoms with Gasteiger partial charge in [0.25, 0.3) is 5.24 Å². The Hall–Kier alpha value is -4.56. The molecule has 0 bridgehead atoms. The summed E-state index contributed by atoms with van der Waals surface area (Å²) in [6.45, 7) is 3.42. The number of carbonyl (C=O) groups is 2. The third-order valence-corrected chi connectivity index (χ3v) is 10.6. The lowest BCUT2D eigenvalue weighted by Crippen LogP contribution is -2.10. The lowest BCUT2D eigenvalue weighted by Gasteiger charge is -2.08. The molecule has 2 aromatic carbocycles. The smallest absolute Gasteiger partial charge is 0.335 e. The molecule has 0 aliphatic heterocycles. The van der Waals surface area contributed by atoms with E-state index in [2.05, 4.69) is 9.97 Å². The predicted octanol–water partition coefficient (Wildman–Crippen LogP) is 3.14. The summed E-state index contributed by atoms with van der Waals surface area (Å²) in [6.07, 6.45) is 5.60. The number of anilines is 1. The van der Waals surface area contributed by atoms with Crippen LogP contribution >= 0.6 is 11.6 Å². The molecule has 20 heteroatoms. The number of carbonyl (C=O) groups excluding carboxylic acids is 2. The molecule has 276 valence electrons. The molecule has 0 aliphatic carbocycles. The van der Waals surface area contributed by atoms with E-state index in [-0.39, 0.29) is 61.1 Å². The van der Waals surface area contributed by atoms with Gasteiger partial charge < -0.3 is 15.9 Å². The molecule has 2 heterocycles. The lowest BCUT2D eigenvalue weighted by atomic mass is 10.0. The number of sulfone groups is 3. The van der Waals surface area contributed by atoms with Gasteiger partial charge in [-0.3, -0.25) is 19.6 Å². The summed E-state index contributed by atoms with van der Waals surface area (Å²) in [5.74, 6) is -0.550. The number of nitrogen functional groups attached to an aromatic ring is 1. The van der Waals surface area contributed by atoms with Gasteiger partial charge in [-0.2, -0.15) is 8.42 Å². The Kier molecular flexibility index (Phi) is 17.2. The number of phenols is 2. The number of rotatable bonds is 9. The Morgan fingerprint density at radius 2 is 1.25 bits per heavy atom. The molecule has 0 atom stereocenters. The van der Waals surface area contributed by atoms with E-state index >= 15 is 0 Å². The number of nitrogens with zero attached hydrogens (tertiary/aromatic N) is 2. The van der Waals surface area contributed by atoms with E-state index in [1.54, 1.807) is 12.3 Å². The minimum atomic E-state index is -3.44. The fourth-order valence-electron chi connectivity index (χ4n) is 3.87. The minimum absolute atomic E-state index is 0.0675. The number of hydrogen-bond donors (Lipinski definition) is 3. The highest BCUT2D eigenvalue weighted by Crippen LogP contribution is 2.24. The fourth-order valence-corrected chi connectivity index (χ4v) is 6.45. The topological polar surface area (TPSA) is 263 Å². The maximum absolute atomic E-state index is 12.4. The van der Waals surface area contributed by atoms with Crippen LogP contribution in [0.2, 0.25) is 0 Å². The Morgan fingerprint density at radius 1 is 0.765 bits per heavy atom. The third kappa shape index (κ3) is 13.9. The molecule has 51 heavy (non-hydrogen) atoms. The molecular formula is C31H34ClN3O12S4. The van der Waals surface area contributed by atoms with Crippen molar-refractivity contribution in [2.45, 2.75) is 41.4 Å². The van der Waals surface area contributed by atoms with Crippen molar-refractivity contribution >= 4 is 69.4 Å². The second kappa shape index (κ2) is 19.7. The van der Waals surface area contributed by atoms with Gasteiger partial charge in [0.05, 0.1) is 26.1 Å². The van der Waals surface area contributed by atoms with E-state index in [4.69, 9.17) is 30.9 Å². The molecule has 0 spiro atoms. The van der Waals surface area contributed by atoms with Gasteiger partial charge in [0.1, 0.15) is 22.9 Å². The number of ketones is 1. The summed E-state index contributed by atoms with van der Waals surface area (Å²) < 4.78 is 84.6. The number of halogens is 1. The molecule has 0 saturated carbocycles. The number of phenolic OH excluding ortho intramolecular Hbond substituents is 2. The van der Waals surface area contributed by atoms with Crippen LogP contribution in [-0.2, 0) is 53.9 Å². The molecule has 0 saturated heterocycles. The van der Waals surface area contributed by atoms with Crippen LogP contribution in [0.3, 0.4) is 0 Å². The van der Waals surface area contributed by atoms with E-state index in [0.717, 1.165) is 18.1 Å². The van der Waals surface area contributed by atoms with E-state index in [9.17, 15) is 39.9 Å². The average Bonchev–Trinajstić information content (AvgIpc) is 3.07. The van der Waals surface area contributed by atoms with Crippen molar-refractivity contribution in [1.29, 1.82) is 0 Å². The molecule has 2 aromatic heterocycles. The van der Waals surface area contributed by atoms with Crippen LogP contribution in [0.25, 0.3) is 0 Å². The summed E-state index contributed by atoms with van der Waals surface area (Å²) in [6, 6.07) is 14.1. The average molecular weight is 804 g/mol. The molecule has 0 radical (unpaired) electrons. The summed E-state index contributed by atoms with van der Waals surface area (Å²) >= 11 is 4.46. The first-order valence-electron chi connectivity index (χ1n) is 14.2. The maximum atomic E-state index is 12.4. The molecule has 0 amide bonds. The zero-order chi connectivity index (χ0) is 39.2. The highest BCUT2D eigenvalue weighted by Gasteiger charge is 2.21. The number of benzene rings is 2. The van der Waals surface area contributed by atoms with Gasteiger partial charge in [-0.25, -0.2) is 25.3 Å². The van der Waals surface area contributed by atoms with Crippen molar-refractivity contribution in [3.8, 4) is 11.5 Å². The predicted molar refractivity (Wildman–Crippen MR) is 190 cm³/mol. The van der Waals surface area contributed by atoms with Crippen molar-refractivity contribution in [2.75, 3.05) is 24.0 Å². The Labute approximate surface area is 303 Å². The van der Waals surface area contributed by atoms with Gasteiger partial charge >= 0.3 is 11.6 Å². The van der Waals surface area contributed by atoms with Gasteiger partial charge in [0.2, 0.25) is 0 Å². The standard InChI is InChI=1S/C16H17NO4S.C8H8ClNO3S.C7H9NO3S.O2S/c1-3-11-5-4-8-17-16(11)15(19)10-12-9-13(22(2,20)21)6-7-14(12)18;1-2-14(12,13)6-4-3-5-10-7(6)8(9)11;1-12(10,11)5-2-3-7(9)6(8)4-5;1-3-2/h4-9,18H,3,10H2,1-2H3;3-5H,2H2,1H3;2-4,9H,8H2,1H3;. The van der Waals surface area contributed by atoms with Gasteiger partial charge in [-0.15, -0.1) is 0 Å². The quantitative estimate of drug-likeness (QED) is 0.0950. The van der Waals surface area contributed by atoms with E-state index in [1.807, 2.05) is 13.0 Å². The van der Waals surface area contributed by atoms with Crippen LogP contribution in [-0.4, -0.2) is 83.1 Å². The molecule has 4 rings (SSSR count). The van der Waals surface area contributed by atoms with Gasteiger partial charge in [0.15, 0.2) is 35.3 Å². The first kappa shape index (κ1) is 44.5. The van der Waals surface area contributed by atoms with Crippen molar-refractivity contribution in [1.82, 2.24) is 9.97 Å². The van der Waals surface area contributed by atoms with Gasteiger partial charge in [-0.05, 0) is 78.2 Å². The SMILES string of the molecule is CCS(=O)(=O)c1cccnc1C(=O)Cl.CCc1cccnc1C(=O)Cc1cc(S(C)(=O)=O)ccc1O.CS(=O)(=O)c1ccc(O)c(N)c1.O=S=O. The van der Waals surface area contributed by atoms with Crippen LogP contribution in [0.1, 0.15) is 46.0 Å². The second-order valence-electron chi connectivity index (χ2n) is 10.1. The number of aryl methyl sites for hydroxylation is 1. The number of aromatic nitrogens is 2. The Balaban J connectivity index is 0.000000388. The van der Waals surface area contributed by atoms with Crippen LogP contribution in [0, 0.1) is 0 Å². The number of Topliss-reactive ketones (excluding diaryl/α,β-unsaturated/α-hetero) is 1. The van der Waals surface area contributed by atoms with E-state index in [1.165, 1.54) is 61.7 Å². The van der Waals surface area contributed by atoms with Gasteiger partial charge in [0, 0.05) is 36.9 Å². The zero-order valence-electron chi connectivity index (χ0n) is 27.5. The first-order chi connectivity index (χ1) is 23.6. The zero-order valence-corrected chi connectivity index (χ0v) is 31.5. The van der Waals surface area contributed by atoms with Crippen molar-refractivity contribution in [3.05, 3.63) is 95.6 Å². The monoisotopic (exact) mass is 803 g/mol. The van der Waals surface area contributed by atoms with Gasteiger partial charge in [-0.1, -0.05) is 19.9 Å². The Bertz CT molecular complexity index is 2240. The summed E-state index contributed by atoms with van der Waals surface area (Å²) in [7, 11) is -10.1. The number of hydrogen-bond acceptors (Lipinski definition) is 15. The summed E-state index contributed by atoms with van der Waals surface area (Å²) in [5, 5.41) is 18.0. The van der Waals surface area contributed by atoms with Crippen LogP contribution in [0.4, 0.5) is 5.69 Å². The van der Waals surface area contributed by atoms with Crippen molar-refractivity contribution < 1.29 is 53.5 Å². The fraction of sp³-hybridized carbons (Fsp3) is 0.226. The van der Waals surface area contributed by atoms with Crippen molar-refractivity contribution in [2.24, 2.45) is 0 Å². The summed E-state index contributed by atoms with van der Waals surface area (Å²) in [5.41, 5.74) is 6.62. The summed E-state index contributed by atoms with van der Waals surface area (Å²) in [4.78, 5) is 31.1. The molecule has 0 fully saturated rings. The Morgan fingerprint density at radius 3 is 1.73 bits per heavy atom. The number of aromatic hydroxyl groups is 2. The van der Waals surface area contributed by atoms with Crippen LogP contribution < -0.4 is 5.73 Å². The number of pyridine rings is 2. The molecular weight excluding hydrogens is 770 g/mol. The maximum Gasteiger partial charge on any atom is 0.335 e. The third-order valence-electron chi connectivity index (χ3n) is 6.47. The van der Waals surface area contributed by atoms with E-state index < -0.39 is 46.3 Å². The number of nitrogens with two attached hydrogens (primary N) is 1. The van der Waals surface area contributed by atoms with E-state index in [0.29, 0.717) is 12.1 Å². The van der Waals surface area contributed by atoms with Crippen LogP contribution in [0.15, 0.2) is 87.7 Å². The molecule has 0 unspecified atom stereocenters. The van der Waals surface area contributed by atoms with Crippen molar-refractivity contribution in [3.63, 3.8) is 0 Å². The highest BCUT2D eigenvalue weighted by molar-refractivity contribution is 7.91.